The van der Waals surface area contributed by atoms with Gasteiger partial charge in [-0.05, 0) is 81.6 Å². The third-order valence-electron chi connectivity index (χ3n) is 8.41. The van der Waals surface area contributed by atoms with Crippen molar-refractivity contribution < 1.29 is 19.1 Å². The van der Waals surface area contributed by atoms with Crippen LogP contribution in [0.3, 0.4) is 0 Å². The Labute approximate surface area is 182 Å². The molecule has 5 atom stereocenters. The van der Waals surface area contributed by atoms with E-state index < -0.39 is 6.04 Å². The Bertz CT molecular complexity index is 960. The summed E-state index contributed by atoms with van der Waals surface area (Å²) in [6.07, 6.45) is 6.20. The molecule has 0 aliphatic carbocycles. The second-order valence-corrected chi connectivity index (χ2v) is 9.78. The second kappa shape index (κ2) is 7.05. The molecule has 1 unspecified atom stereocenters. The molecule has 5 aliphatic rings. The summed E-state index contributed by atoms with van der Waals surface area (Å²) in [6, 6.07) is 5.11. The summed E-state index contributed by atoms with van der Waals surface area (Å²) in [7, 11) is 1.53. The molecule has 4 saturated heterocycles. The highest BCUT2D eigenvalue weighted by Gasteiger charge is 2.54. The van der Waals surface area contributed by atoms with E-state index in [0.29, 0.717) is 41.2 Å². The smallest absolute Gasteiger partial charge is 0.262 e. The molecule has 5 heterocycles. The highest BCUT2D eigenvalue weighted by Crippen LogP contribution is 2.45. The van der Waals surface area contributed by atoms with Crippen LogP contribution in [0.4, 0.5) is 0 Å². The third kappa shape index (κ3) is 2.71. The van der Waals surface area contributed by atoms with Gasteiger partial charge in [0.2, 0.25) is 5.91 Å². The number of imide groups is 1. The predicted octanol–water partition coefficient (Wildman–Crippen LogP) is 2.16. The van der Waals surface area contributed by atoms with Crippen molar-refractivity contribution in [1.82, 2.24) is 14.7 Å². The highest BCUT2D eigenvalue weighted by atomic mass is 16.5. The third-order valence-corrected chi connectivity index (χ3v) is 8.41. The molecule has 0 spiro atoms. The molecule has 31 heavy (non-hydrogen) atoms. The van der Waals surface area contributed by atoms with Crippen LogP contribution in [0.2, 0.25) is 0 Å². The van der Waals surface area contributed by atoms with Gasteiger partial charge in [0.15, 0.2) is 0 Å². The molecule has 0 aromatic heterocycles. The fourth-order valence-electron chi connectivity index (χ4n) is 7.15. The van der Waals surface area contributed by atoms with Crippen LogP contribution in [-0.4, -0.2) is 77.3 Å². The lowest BCUT2D eigenvalue weighted by molar-refractivity contribution is -0.156. The van der Waals surface area contributed by atoms with Gasteiger partial charge < -0.3 is 9.64 Å². The van der Waals surface area contributed by atoms with E-state index in [1.807, 2.05) is 0 Å². The first-order valence-electron chi connectivity index (χ1n) is 11.7. The number of methoxy groups -OCH3 is 1. The van der Waals surface area contributed by atoms with Gasteiger partial charge in [-0.1, -0.05) is 0 Å². The number of carbonyl (C=O) groups is 3. The molecular weight excluding hydrogens is 394 g/mol. The van der Waals surface area contributed by atoms with Crippen molar-refractivity contribution in [3.05, 3.63) is 29.3 Å². The van der Waals surface area contributed by atoms with Gasteiger partial charge >= 0.3 is 0 Å². The Balaban J connectivity index is 1.28. The molecule has 3 amide bonds. The van der Waals surface area contributed by atoms with Crippen molar-refractivity contribution in [3.8, 4) is 5.75 Å². The Morgan fingerprint density at radius 2 is 1.71 bits per heavy atom. The first kappa shape index (κ1) is 19.3. The van der Waals surface area contributed by atoms with E-state index in [0.717, 1.165) is 13.0 Å². The van der Waals surface area contributed by atoms with E-state index in [9.17, 15) is 14.4 Å². The summed E-state index contributed by atoms with van der Waals surface area (Å²) in [5.41, 5.74) is 0.711. The molecule has 1 aromatic rings. The maximum atomic E-state index is 13.7. The summed E-state index contributed by atoms with van der Waals surface area (Å²) in [4.78, 5) is 45.9. The average molecular weight is 424 g/mol. The number of hydrogen-bond donors (Lipinski definition) is 0. The van der Waals surface area contributed by atoms with Crippen molar-refractivity contribution in [2.45, 2.75) is 56.7 Å². The number of rotatable bonds is 2. The molecule has 6 rings (SSSR count). The fourth-order valence-corrected chi connectivity index (χ4v) is 7.15. The van der Waals surface area contributed by atoms with Crippen LogP contribution in [0.25, 0.3) is 0 Å². The average Bonchev–Trinajstić information content (AvgIpc) is 3.04. The van der Waals surface area contributed by atoms with Crippen LogP contribution in [0.5, 0.6) is 5.75 Å². The van der Waals surface area contributed by atoms with Crippen molar-refractivity contribution in [2.24, 2.45) is 11.8 Å². The van der Waals surface area contributed by atoms with Crippen LogP contribution in [0.15, 0.2) is 18.2 Å². The van der Waals surface area contributed by atoms with E-state index in [1.165, 1.54) is 50.8 Å². The van der Waals surface area contributed by atoms with Gasteiger partial charge in [-0.25, -0.2) is 0 Å². The lowest BCUT2D eigenvalue weighted by Crippen LogP contribution is -2.69. The zero-order valence-electron chi connectivity index (χ0n) is 18.0. The molecule has 0 radical (unpaired) electrons. The lowest BCUT2D eigenvalue weighted by atomic mass is 9.67. The topological polar surface area (TPSA) is 70.2 Å². The number of hydrogen-bond acceptors (Lipinski definition) is 5. The minimum atomic E-state index is -0.686. The van der Waals surface area contributed by atoms with Crippen molar-refractivity contribution in [2.75, 3.05) is 26.7 Å². The molecule has 0 bridgehead atoms. The van der Waals surface area contributed by atoms with E-state index >= 15 is 0 Å². The molecular formula is C24H29N3O4. The lowest BCUT2D eigenvalue weighted by Gasteiger charge is -2.59. The maximum absolute atomic E-state index is 13.7. The molecule has 7 heteroatoms. The van der Waals surface area contributed by atoms with Gasteiger partial charge in [-0.2, -0.15) is 0 Å². The number of amides is 3. The largest absolute Gasteiger partial charge is 0.497 e. The summed E-state index contributed by atoms with van der Waals surface area (Å²) in [5.74, 6) is 0.841. The highest BCUT2D eigenvalue weighted by molar-refractivity contribution is 6.23. The Hall–Kier alpha value is -2.41. The SMILES string of the molecule is COc1ccc2c(c1)C(=O)N(C1CC[C@@H]3[C@H]4CCCN5CCC[C@@H](CN3C1=O)[C@@H]45)C2=O. The van der Waals surface area contributed by atoms with E-state index in [4.69, 9.17) is 4.74 Å². The normalized spacial score (nSPS) is 35.0. The number of piperidine rings is 4. The maximum Gasteiger partial charge on any atom is 0.262 e. The van der Waals surface area contributed by atoms with Crippen LogP contribution in [0.1, 0.15) is 59.2 Å². The Kier molecular flexibility index (Phi) is 4.39. The summed E-state index contributed by atoms with van der Waals surface area (Å²) in [5, 5.41) is 0. The van der Waals surface area contributed by atoms with Crippen molar-refractivity contribution in [1.29, 1.82) is 0 Å². The molecule has 0 N–H and O–H groups in total. The minimum absolute atomic E-state index is 0.0288. The number of fused-ring (bicyclic) bond motifs is 3. The van der Waals surface area contributed by atoms with Gasteiger partial charge in [0.25, 0.3) is 11.8 Å². The fraction of sp³-hybridized carbons (Fsp3) is 0.625. The van der Waals surface area contributed by atoms with E-state index in [2.05, 4.69) is 9.80 Å². The Morgan fingerprint density at radius 1 is 0.935 bits per heavy atom. The van der Waals surface area contributed by atoms with Gasteiger partial charge in [-0.3, -0.25) is 24.2 Å². The predicted molar refractivity (Wildman–Crippen MR) is 113 cm³/mol. The molecule has 5 aliphatic heterocycles. The summed E-state index contributed by atoms with van der Waals surface area (Å²) >= 11 is 0. The second-order valence-electron chi connectivity index (χ2n) is 9.78. The monoisotopic (exact) mass is 423 g/mol. The van der Waals surface area contributed by atoms with Gasteiger partial charge in [0, 0.05) is 18.6 Å². The zero-order chi connectivity index (χ0) is 21.3. The van der Waals surface area contributed by atoms with Gasteiger partial charge in [-0.15, -0.1) is 0 Å². The number of ether oxygens (including phenoxy) is 1. The first-order valence-corrected chi connectivity index (χ1v) is 11.7. The van der Waals surface area contributed by atoms with E-state index in [1.54, 1.807) is 18.2 Å². The molecule has 0 saturated carbocycles. The van der Waals surface area contributed by atoms with Crippen molar-refractivity contribution >= 4 is 17.7 Å². The Morgan fingerprint density at radius 3 is 2.52 bits per heavy atom. The standard InChI is InChI=1S/C24H29N3O4/c1-31-15-6-7-16-18(12-15)23(29)27(22(16)28)20-9-8-19-17-5-3-11-25-10-2-4-14(21(17)25)13-26(19)24(20)30/h6-7,12,14,17,19-21H,2-5,8-11,13H2,1H3/t14-,17+,19+,20?,21-/m0/s1. The number of benzene rings is 1. The summed E-state index contributed by atoms with van der Waals surface area (Å²) in [6.45, 7) is 3.16. The summed E-state index contributed by atoms with van der Waals surface area (Å²) < 4.78 is 5.22. The van der Waals surface area contributed by atoms with Crippen LogP contribution >= 0.6 is 0 Å². The molecule has 1 aromatic carbocycles. The quantitative estimate of drug-likeness (QED) is 0.682. The van der Waals surface area contributed by atoms with Gasteiger partial charge in [0.05, 0.1) is 18.2 Å². The molecule has 164 valence electrons. The van der Waals surface area contributed by atoms with E-state index in [-0.39, 0.29) is 23.8 Å². The molecule has 7 nitrogen and oxygen atoms in total. The zero-order valence-corrected chi connectivity index (χ0v) is 18.0. The van der Waals surface area contributed by atoms with Crippen LogP contribution in [0, 0.1) is 11.8 Å². The van der Waals surface area contributed by atoms with Crippen molar-refractivity contribution in [3.63, 3.8) is 0 Å². The van der Waals surface area contributed by atoms with Gasteiger partial charge in [0.1, 0.15) is 11.8 Å². The first-order chi connectivity index (χ1) is 15.1. The number of nitrogens with zero attached hydrogens (tertiary/aromatic N) is 3. The van der Waals surface area contributed by atoms with Crippen LogP contribution in [-0.2, 0) is 4.79 Å². The minimum Gasteiger partial charge on any atom is -0.497 e. The molecule has 4 fully saturated rings. The number of carbonyl (C=O) groups excluding carboxylic acids is 3. The van der Waals surface area contributed by atoms with Crippen LogP contribution < -0.4 is 4.74 Å².